The van der Waals surface area contributed by atoms with Crippen LogP contribution in [0.3, 0.4) is 0 Å². The van der Waals surface area contributed by atoms with Gasteiger partial charge in [-0.3, -0.25) is 19.0 Å². The van der Waals surface area contributed by atoms with E-state index in [-0.39, 0.29) is 35.8 Å². The number of rotatable bonds is 6. The molecule has 1 aliphatic rings. The highest BCUT2D eigenvalue weighted by Gasteiger charge is 2.31. The summed E-state index contributed by atoms with van der Waals surface area (Å²) in [6, 6.07) is 9.70. The van der Waals surface area contributed by atoms with E-state index in [1.54, 1.807) is 28.8 Å². The van der Waals surface area contributed by atoms with E-state index in [1.165, 1.54) is 6.92 Å². The number of benzene rings is 2. The molecule has 0 unspecified atom stereocenters. The predicted molar refractivity (Wildman–Crippen MR) is 117 cm³/mol. The van der Waals surface area contributed by atoms with Gasteiger partial charge in [-0.1, -0.05) is 12.1 Å². The Balaban J connectivity index is 1.57. The maximum Gasteiger partial charge on any atom is 0.416 e. The van der Waals surface area contributed by atoms with Gasteiger partial charge >= 0.3 is 6.18 Å². The number of anilines is 2. The Bertz CT molecular complexity index is 1300. The summed E-state index contributed by atoms with van der Waals surface area (Å²) in [7, 11) is 0. The second kappa shape index (κ2) is 8.68. The zero-order valence-corrected chi connectivity index (χ0v) is 17.7. The van der Waals surface area contributed by atoms with Crippen LogP contribution in [0.15, 0.2) is 47.3 Å². The maximum atomic E-state index is 13.1. The number of amides is 2. The first-order chi connectivity index (χ1) is 15.6. The first-order valence-electron chi connectivity index (χ1n) is 10.4. The van der Waals surface area contributed by atoms with Crippen molar-refractivity contribution < 1.29 is 22.8 Å². The van der Waals surface area contributed by atoms with Gasteiger partial charge in [0.2, 0.25) is 11.8 Å². The number of carbonyl (C=O) groups is 2. The van der Waals surface area contributed by atoms with Crippen molar-refractivity contribution in [1.29, 1.82) is 0 Å². The molecule has 172 valence electrons. The van der Waals surface area contributed by atoms with Gasteiger partial charge in [-0.25, -0.2) is 4.98 Å². The largest absolute Gasteiger partial charge is 0.416 e. The summed E-state index contributed by atoms with van der Waals surface area (Å²) in [6.07, 6.45) is -2.87. The van der Waals surface area contributed by atoms with Gasteiger partial charge in [0.25, 0.3) is 5.56 Å². The van der Waals surface area contributed by atoms with Gasteiger partial charge in [-0.15, -0.1) is 0 Å². The number of aromatic nitrogens is 2. The molecule has 0 aliphatic heterocycles. The lowest BCUT2D eigenvalue weighted by Gasteiger charge is -2.15. The van der Waals surface area contributed by atoms with Crippen molar-refractivity contribution in [3.05, 3.63) is 64.2 Å². The van der Waals surface area contributed by atoms with E-state index >= 15 is 0 Å². The van der Waals surface area contributed by atoms with Crippen LogP contribution < -0.4 is 16.2 Å². The second-order valence-electron chi connectivity index (χ2n) is 7.94. The third-order valence-corrected chi connectivity index (χ3v) is 5.30. The molecule has 4 rings (SSSR count). The topological polar surface area (TPSA) is 93.1 Å². The summed E-state index contributed by atoms with van der Waals surface area (Å²) in [6.45, 7) is 1.21. The fourth-order valence-corrected chi connectivity index (χ4v) is 3.64. The summed E-state index contributed by atoms with van der Waals surface area (Å²) in [5, 5.41) is 5.36. The molecule has 1 aliphatic carbocycles. The summed E-state index contributed by atoms with van der Waals surface area (Å²) in [4.78, 5) is 41.5. The third-order valence-electron chi connectivity index (χ3n) is 5.30. The van der Waals surface area contributed by atoms with Gasteiger partial charge < -0.3 is 10.6 Å². The van der Waals surface area contributed by atoms with Crippen LogP contribution in [0.25, 0.3) is 10.9 Å². The molecule has 2 N–H and O–H groups in total. The number of hydrogen-bond donors (Lipinski definition) is 2. The van der Waals surface area contributed by atoms with Crippen LogP contribution in [0, 0.1) is 0 Å². The van der Waals surface area contributed by atoms with Gasteiger partial charge in [0.15, 0.2) is 0 Å². The predicted octanol–water partition coefficient (Wildman–Crippen LogP) is 4.28. The van der Waals surface area contributed by atoms with E-state index in [1.807, 2.05) is 0 Å². The highest BCUT2D eigenvalue weighted by atomic mass is 19.4. The zero-order chi connectivity index (χ0) is 23.8. The lowest BCUT2D eigenvalue weighted by atomic mass is 10.1. The SMILES string of the molecule is CC(=O)Nc1ccc(C(F)(F)F)cc1NC(=O)CCc1nc2ccccc2c(=O)n1C1CC1. The summed E-state index contributed by atoms with van der Waals surface area (Å²) < 4.78 is 41.0. The summed E-state index contributed by atoms with van der Waals surface area (Å²) >= 11 is 0. The number of halogens is 3. The molecule has 10 heteroatoms. The van der Waals surface area contributed by atoms with Crippen LogP contribution in [0.4, 0.5) is 24.5 Å². The number of alkyl halides is 3. The Kier molecular flexibility index (Phi) is 5.92. The molecule has 3 aromatic rings. The molecule has 0 spiro atoms. The molecule has 0 atom stereocenters. The number of fused-ring (bicyclic) bond motifs is 1. The van der Waals surface area contributed by atoms with E-state index in [4.69, 9.17) is 0 Å². The van der Waals surface area contributed by atoms with Gasteiger partial charge in [-0.2, -0.15) is 13.2 Å². The number of para-hydroxylation sites is 1. The van der Waals surface area contributed by atoms with Crippen LogP contribution in [-0.2, 0) is 22.2 Å². The molecule has 1 heterocycles. The number of aryl methyl sites for hydroxylation is 1. The number of carbonyl (C=O) groups excluding carboxylic acids is 2. The Morgan fingerprint density at radius 3 is 2.48 bits per heavy atom. The van der Waals surface area contributed by atoms with Crippen LogP contribution in [-0.4, -0.2) is 21.4 Å². The molecule has 1 aromatic heterocycles. The number of hydrogen-bond acceptors (Lipinski definition) is 4. The molecule has 2 aromatic carbocycles. The fourth-order valence-electron chi connectivity index (χ4n) is 3.64. The lowest BCUT2D eigenvalue weighted by molar-refractivity contribution is -0.137. The molecule has 0 radical (unpaired) electrons. The first kappa shape index (κ1) is 22.5. The fraction of sp³-hybridized carbons (Fsp3) is 0.304. The molecule has 2 amide bonds. The van der Waals surface area contributed by atoms with Gasteiger partial charge in [0.05, 0.1) is 27.8 Å². The van der Waals surface area contributed by atoms with Crippen molar-refractivity contribution in [2.75, 3.05) is 10.6 Å². The van der Waals surface area contributed by atoms with Crippen LogP contribution in [0.2, 0.25) is 0 Å². The van der Waals surface area contributed by atoms with Crippen LogP contribution >= 0.6 is 0 Å². The zero-order valence-electron chi connectivity index (χ0n) is 17.7. The molecule has 33 heavy (non-hydrogen) atoms. The minimum absolute atomic E-state index is 0.0440. The van der Waals surface area contributed by atoms with E-state index in [9.17, 15) is 27.6 Å². The standard InChI is InChI=1S/C23H21F3N4O3/c1-13(31)27-18-9-6-14(23(24,25)26)12-19(18)29-21(32)11-10-20-28-17-5-3-2-4-16(17)22(33)30(20)15-7-8-15/h2-6,9,12,15H,7-8,10-11H2,1H3,(H,27,31)(H,29,32). The highest BCUT2D eigenvalue weighted by Crippen LogP contribution is 2.35. The highest BCUT2D eigenvalue weighted by molar-refractivity contribution is 5.99. The average molecular weight is 458 g/mol. The lowest BCUT2D eigenvalue weighted by Crippen LogP contribution is -2.25. The molecule has 7 nitrogen and oxygen atoms in total. The average Bonchev–Trinajstić information content (AvgIpc) is 3.57. The number of nitrogens with one attached hydrogen (secondary N) is 2. The second-order valence-corrected chi connectivity index (χ2v) is 7.94. The van der Waals surface area contributed by atoms with E-state index in [0.717, 1.165) is 31.0 Å². The third kappa shape index (κ3) is 5.05. The van der Waals surface area contributed by atoms with Crippen molar-refractivity contribution in [3.63, 3.8) is 0 Å². The van der Waals surface area contributed by atoms with E-state index < -0.39 is 23.6 Å². The smallest absolute Gasteiger partial charge is 0.325 e. The Labute approximate surface area is 186 Å². The molecular weight excluding hydrogens is 437 g/mol. The van der Waals surface area contributed by atoms with Crippen molar-refractivity contribution >= 4 is 34.1 Å². The van der Waals surface area contributed by atoms with Crippen molar-refractivity contribution in [2.45, 2.75) is 44.8 Å². The maximum absolute atomic E-state index is 13.1. The van der Waals surface area contributed by atoms with Crippen molar-refractivity contribution in [2.24, 2.45) is 0 Å². The van der Waals surface area contributed by atoms with E-state index in [2.05, 4.69) is 15.6 Å². The normalized spacial score (nSPS) is 13.7. The first-order valence-corrected chi connectivity index (χ1v) is 10.4. The van der Waals surface area contributed by atoms with Crippen LogP contribution in [0.5, 0.6) is 0 Å². The quantitative estimate of drug-likeness (QED) is 0.577. The minimum Gasteiger partial charge on any atom is -0.325 e. The van der Waals surface area contributed by atoms with E-state index in [0.29, 0.717) is 16.7 Å². The van der Waals surface area contributed by atoms with Gasteiger partial charge in [0.1, 0.15) is 5.82 Å². The minimum atomic E-state index is -4.61. The van der Waals surface area contributed by atoms with Gasteiger partial charge in [-0.05, 0) is 43.2 Å². The Morgan fingerprint density at radius 1 is 1.09 bits per heavy atom. The Morgan fingerprint density at radius 2 is 1.82 bits per heavy atom. The number of nitrogens with zero attached hydrogens (tertiary/aromatic N) is 2. The van der Waals surface area contributed by atoms with Crippen molar-refractivity contribution in [3.8, 4) is 0 Å². The molecule has 1 saturated carbocycles. The molecule has 0 saturated heterocycles. The molecular formula is C23H21F3N4O3. The summed E-state index contributed by atoms with van der Waals surface area (Å²) in [5.41, 5.74) is -0.686. The molecule has 1 fully saturated rings. The monoisotopic (exact) mass is 458 g/mol. The van der Waals surface area contributed by atoms with Crippen molar-refractivity contribution in [1.82, 2.24) is 9.55 Å². The molecule has 0 bridgehead atoms. The van der Waals surface area contributed by atoms with Crippen LogP contribution in [0.1, 0.15) is 43.6 Å². The Hall–Kier alpha value is -3.69. The van der Waals surface area contributed by atoms with Gasteiger partial charge in [0, 0.05) is 25.8 Å². The summed E-state index contributed by atoms with van der Waals surface area (Å²) in [5.74, 6) is -0.591.